The van der Waals surface area contributed by atoms with Gasteiger partial charge >= 0.3 is 0 Å². The van der Waals surface area contributed by atoms with E-state index in [0.717, 1.165) is 30.6 Å². The van der Waals surface area contributed by atoms with Gasteiger partial charge in [0.25, 0.3) is 0 Å². The lowest BCUT2D eigenvalue weighted by Crippen LogP contribution is -2.27. The zero-order valence-electron chi connectivity index (χ0n) is 19.2. The van der Waals surface area contributed by atoms with Crippen LogP contribution in [0.5, 0.6) is 5.75 Å². The summed E-state index contributed by atoms with van der Waals surface area (Å²) in [5.41, 5.74) is -0.281. The van der Waals surface area contributed by atoms with Crippen molar-refractivity contribution in [2.75, 3.05) is 6.61 Å². The second kappa shape index (κ2) is 12.4. The number of halogens is 2. The maximum Gasteiger partial charge on any atom is 0.201 e. The van der Waals surface area contributed by atoms with Gasteiger partial charge in [-0.3, -0.25) is 0 Å². The molecule has 2 nitrogen and oxygen atoms in total. The van der Waals surface area contributed by atoms with Crippen LogP contribution in [-0.2, 0) is 0 Å². The molecule has 0 bridgehead atoms. The average Bonchev–Trinajstić information content (AvgIpc) is 2.81. The number of nitriles is 1. The summed E-state index contributed by atoms with van der Waals surface area (Å²) in [6, 6.07) is 4.30. The van der Waals surface area contributed by atoms with Crippen molar-refractivity contribution in [2.45, 2.75) is 96.8 Å². The van der Waals surface area contributed by atoms with Crippen LogP contribution in [0.25, 0.3) is 0 Å². The second-order valence-electron chi connectivity index (χ2n) is 9.93. The normalized spacial score (nSPS) is 26.4. The van der Waals surface area contributed by atoms with Crippen molar-refractivity contribution >= 4 is 0 Å². The molecule has 2 saturated carbocycles. The van der Waals surface area contributed by atoms with Crippen LogP contribution >= 0.6 is 0 Å². The van der Waals surface area contributed by atoms with Crippen LogP contribution in [0.1, 0.15) is 102 Å². The number of hydrogen-bond acceptors (Lipinski definition) is 2. The SMILES string of the molecule is CCCCCCCC1CCC(C2CCC(COc3ccc(C#N)c(F)c3F)CC2)CC1. The molecular formula is C27H39F2NO. The summed E-state index contributed by atoms with van der Waals surface area (Å²) in [6.07, 6.45) is 18.8. The van der Waals surface area contributed by atoms with E-state index in [4.69, 9.17) is 10.00 Å². The van der Waals surface area contributed by atoms with Crippen LogP contribution in [0.2, 0.25) is 0 Å². The molecule has 2 fully saturated rings. The highest BCUT2D eigenvalue weighted by Crippen LogP contribution is 2.42. The lowest BCUT2D eigenvalue weighted by molar-refractivity contribution is 0.120. The molecule has 0 unspecified atom stereocenters. The highest BCUT2D eigenvalue weighted by atomic mass is 19.2. The van der Waals surface area contributed by atoms with Crippen LogP contribution in [0.3, 0.4) is 0 Å². The summed E-state index contributed by atoms with van der Waals surface area (Å²) in [5, 5.41) is 8.78. The Bertz CT molecular complexity index is 713. The Balaban J connectivity index is 1.33. The Kier molecular flexibility index (Phi) is 9.62. The van der Waals surface area contributed by atoms with Gasteiger partial charge in [-0.1, -0.05) is 58.3 Å². The number of hydrogen-bond donors (Lipinski definition) is 0. The van der Waals surface area contributed by atoms with Gasteiger partial charge in [0, 0.05) is 0 Å². The Morgan fingerprint density at radius 3 is 2.06 bits per heavy atom. The summed E-state index contributed by atoms with van der Waals surface area (Å²) >= 11 is 0. The number of unbranched alkanes of at least 4 members (excludes halogenated alkanes) is 4. The molecular weight excluding hydrogens is 392 g/mol. The molecule has 4 heteroatoms. The highest BCUT2D eigenvalue weighted by molar-refractivity contribution is 5.37. The first-order valence-corrected chi connectivity index (χ1v) is 12.6. The van der Waals surface area contributed by atoms with Crippen molar-refractivity contribution in [1.82, 2.24) is 0 Å². The molecule has 172 valence electrons. The molecule has 3 rings (SSSR count). The minimum atomic E-state index is -1.11. The molecule has 0 amide bonds. The molecule has 31 heavy (non-hydrogen) atoms. The van der Waals surface area contributed by atoms with Crippen LogP contribution in [0.4, 0.5) is 8.78 Å². The molecule has 0 aliphatic heterocycles. The van der Waals surface area contributed by atoms with Gasteiger partial charge in [-0.2, -0.15) is 9.65 Å². The lowest BCUT2D eigenvalue weighted by Gasteiger charge is -2.38. The minimum Gasteiger partial charge on any atom is -0.490 e. The molecule has 0 spiro atoms. The minimum absolute atomic E-state index is 0.0772. The molecule has 1 aromatic rings. The first-order valence-electron chi connectivity index (χ1n) is 12.6. The van der Waals surface area contributed by atoms with Crippen molar-refractivity contribution in [1.29, 1.82) is 5.26 Å². The van der Waals surface area contributed by atoms with Gasteiger partial charge in [0.2, 0.25) is 5.82 Å². The zero-order chi connectivity index (χ0) is 22.1. The average molecular weight is 432 g/mol. The smallest absolute Gasteiger partial charge is 0.201 e. The molecule has 0 radical (unpaired) electrons. The van der Waals surface area contributed by atoms with E-state index in [-0.39, 0.29) is 11.3 Å². The zero-order valence-corrected chi connectivity index (χ0v) is 19.2. The third-order valence-electron chi connectivity index (χ3n) is 7.81. The van der Waals surface area contributed by atoms with E-state index in [9.17, 15) is 8.78 Å². The predicted molar refractivity (Wildman–Crippen MR) is 121 cm³/mol. The van der Waals surface area contributed by atoms with Crippen molar-refractivity contribution in [3.8, 4) is 11.8 Å². The van der Waals surface area contributed by atoms with E-state index < -0.39 is 11.6 Å². The monoisotopic (exact) mass is 431 g/mol. The van der Waals surface area contributed by atoms with E-state index >= 15 is 0 Å². The number of nitrogens with zero attached hydrogens (tertiary/aromatic N) is 1. The third-order valence-corrected chi connectivity index (χ3v) is 7.81. The molecule has 0 N–H and O–H groups in total. The fraction of sp³-hybridized carbons (Fsp3) is 0.741. The third kappa shape index (κ3) is 6.93. The molecule has 0 aromatic heterocycles. The van der Waals surface area contributed by atoms with Crippen LogP contribution < -0.4 is 4.74 Å². The van der Waals surface area contributed by atoms with Crippen molar-refractivity contribution in [3.63, 3.8) is 0 Å². The van der Waals surface area contributed by atoms with E-state index in [1.165, 1.54) is 89.2 Å². The van der Waals surface area contributed by atoms with Gasteiger partial charge in [0.1, 0.15) is 6.07 Å². The predicted octanol–water partition coefficient (Wildman–Crippen LogP) is 8.19. The van der Waals surface area contributed by atoms with Crippen LogP contribution in [-0.4, -0.2) is 6.61 Å². The van der Waals surface area contributed by atoms with Gasteiger partial charge in [-0.15, -0.1) is 0 Å². The highest BCUT2D eigenvalue weighted by Gasteiger charge is 2.31. The molecule has 0 heterocycles. The topological polar surface area (TPSA) is 33.0 Å². The Hall–Kier alpha value is -1.63. The van der Waals surface area contributed by atoms with E-state index in [0.29, 0.717) is 12.5 Å². The fourth-order valence-corrected chi connectivity index (χ4v) is 5.75. The summed E-state index contributed by atoms with van der Waals surface area (Å²) in [4.78, 5) is 0. The molecule has 2 aliphatic carbocycles. The summed E-state index contributed by atoms with van der Waals surface area (Å²) in [7, 11) is 0. The van der Waals surface area contributed by atoms with Crippen molar-refractivity contribution in [3.05, 3.63) is 29.3 Å². The van der Waals surface area contributed by atoms with E-state index in [1.54, 1.807) is 6.07 Å². The first kappa shape index (κ1) is 24.0. The molecule has 2 aliphatic rings. The fourth-order valence-electron chi connectivity index (χ4n) is 5.75. The summed E-state index contributed by atoms with van der Waals surface area (Å²) < 4.78 is 33.4. The Morgan fingerprint density at radius 2 is 1.45 bits per heavy atom. The van der Waals surface area contributed by atoms with E-state index in [1.807, 2.05) is 0 Å². The van der Waals surface area contributed by atoms with Gasteiger partial charge in [0.15, 0.2) is 11.6 Å². The molecule has 0 saturated heterocycles. The van der Waals surface area contributed by atoms with Crippen LogP contribution in [0.15, 0.2) is 12.1 Å². The quantitative estimate of drug-likeness (QED) is 0.350. The Labute approximate surface area is 187 Å². The summed E-state index contributed by atoms with van der Waals surface area (Å²) in [5.74, 6) is 0.870. The second-order valence-corrected chi connectivity index (χ2v) is 9.93. The van der Waals surface area contributed by atoms with Gasteiger partial charge < -0.3 is 4.74 Å². The standard InChI is InChI=1S/C27H39F2NO/c1-2-3-4-5-6-7-20-8-12-22(13-9-20)23-14-10-21(11-15-23)19-31-25-17-16-24(18-30)26(28)27(25)29/h16-17,20-23H,2-15,19H2,1H3. The summed E-state index contributed by atoms with van der Waals surface area (Å²) in [6.45, 7) is 2.71. The van der Waals surface area contributed by atoms with Crippen LogP contribution in [0, 0.1) is 46.6 Å². The van der Waals surface area contributed by atoms with Gasteiger partial charge in [-0.25, -0.2) is 4.39 Å². The van der Waals surface area contributed by atoms with Gasteiger partial charge in [0.05, 0.1) is 12.2 Å². The molecule has 1 aromatic carbocycles. The first-order chi connectivity index (χ1) is 15.1. The van der Waals surface area contributed by atoms with E-state index in [2.05, 4.69) is 6.92 Å². The van der Waals surface area contributed by atoms with Crippen molar-refractivity contribution in [2.24, 2.45) is 23.7 Å². The maximum absolute atomic E-state index is 14.0. The maximum atomic E-state index is 14.0. The molecule has 0 atom stereocenters. The number of ether oxygens (including phenoxy) is 1. The number of benzene rings is 1. The lowest BCUT2D eigenvalue weighted by atomic mass is 9.69. The Morgan fingerprint density at radius 1 is 0.839 bits per heavy atom. The number of rotatable bonds is 10. The van der Waals surface area contributed by atoms with Crippen molar-refractivity contribution < 1.29 is 13.5 Å². The largest absolute Gasteiger partial charge is 0.490 e. The van der Waals surface area contributed by atoms with Gasteiger partial charge in [-0.05, 0) is 74.3 Å².